The zero-order valence-electron chi connectivity index (χ0n) is 10.7. The van der Waals surface area contributed by atoms with Gasteiger partial charge in [-0.05, 0) is 0 Å². The average molecular weight is 412 g/mol. The summed E-state index contributed by atoms with van der Waals surface area (Å²) in [4.78, 5) is 0. The van der Waals surface area contributed by atoms with Crippen molar-refractivity contribution in [3.05, 3.63) is 0 Å². The summed E-state index contributed by atoms with van der Waals surface area (Å²) in [6.45, 7) is 0. The molecule has 0 fully saturated rings. The monoisotopic (exact) mass is 412 g/mol. The van der Waals surface area contributed by atoms with Crippen molar-refractivity contribution in [3.63, 3.8) is 0 Å². The van der Waals surface area contributed by atoms with Gasteiger partial charge in [0.2, 0.25) is 0 Å². The molecule has 0 bridgehead atoms. The van der Waals surface area contributed by atoms with Crippen molar-refractivity contribution < 1.29 is 41.5 Å². The van der Waals surface area contributed by atoms with Crippen molar-refractivity contribution in [3.8, 4) is 0 Å². The van der Waals surface area contributed by atoms with Crippen LogP contribution in [0.25, 0.3) is 0 Å². The van der Waals surface area contributed by atoms with Crippen LogP contribution in [0, 0.1) is 0 Å². The maximum absolute atomic E-state index is 8.81. The summed E-state index contributed by atoms with van der Waals surface area (Å²) in [5, 5.41) is 0. The normalized spacial score (nSPS) is 7.50. The molecule has 0 heterocycles. The molecule has 0 atom stereocenters. The molecule has 0 spiro atoms. The zero-order chi connectivity index (χ0) is 10.7. The second kappa shape index (κ2) is 23.5. The summed E-state index contributed by atoms with van der Waals surface area (Å²) in [7, 11) is 0. The van der Waals surface area contributed by atoms with Crippen molar-refractivity contribution in [2.24, 2.45) is 0 Å². The number of hydrogen-bond donors (Lipinski definition) is 4. The SMILES string of the molecule is N.N.O=[AsH](O)O.O=[AsH]([O-])[O-].O=[AsH]([O-])[O-].[H+].[H+].[H+].[H+]. The van der Waals surface area contributed by atoms with Crippen LogP contribution in [0.15, 0.2) is 0 Å². The Balaban J connectivity index is -0.00000000827. The molecule has 0 rings (SSSR count). The number of rotatable bonds is 0. The van der Waals surface area contributed by atoms with Crippen molar-refractivity contribution in [1.82, 2.24) is 12.3 Å². The van der Waals surface area contributed by atoms with Gasteiger partial charge in [0.1, 0.15) is 0 Å². The van der Waals surface area contributed by atoms with Crippen LogP contribution in [0.2, 0.25) is 0 Å². The molecule has 14 heavy (non-hydrogen) atoms. The minimum atomic E-state index is -4.08. The smallest absolute Gasteiger partial charge is 1.00 e. The topological polar surface area (TPSA) is 254 Å². The molecule has 0 aliphatic rings. The largest absolute Gasteiger partial charge is 1.00 e. The molecule has 94 valence electrons. The molecule has 0 aliphatic heterocycles. The Hall–Kier alpha value is 0.755. The molecule has 0 unspecified atom stereocenters. The fourth-order valence-electron chi connectivity index (χ4n) is 0. The molecule has 8 N–H and O–H groups in total. The molecule has 0 aromatic rings. The van der Waals surface area contributed by atoms with E-state index in [1.807, 2.05) is 0 Å². The van der Waals surface area contributed by atoms with Crippen LogP contribution in [-0.4, -0.2) is 54.0 Å². The first-order chi connectivity index (χ1) is 5.20. The molecular formula is H15As3N2O9. The maximum Gasteiger partial charge on any atom is 1.00 e. The van der Waals surface area contributed by atoms with E-state index in [-0.39, 0.29) is 18.0 Å². The molecule has 0 aromatic carbocycles. The van der Waals surface area contributed by atoms with E-state index in [1.165, 1.54) is 0 Å². The second-order valence-electron chi connectivity index (χ2n) is 0.783. The van der Waals surface area contributed by atoms with Gasteiger partial charge in [-0.15, -0.1) is 0 Å². The summed E-state index contributed by atoms with van der Waals surface area (Å²) in [6, 6.07) is 0. The van der Waals surface area contributed by atoms with Gasteiger partial charge in [0.25, 0.3) is 0 Å². The maximum atomic E-state index is 8.81. The molecule has 0 aromatic heterocycles. The average Bonchev–Trinajstić information content (AvgIpc) is 1.54. The van der Waals surface area contributed by atoms with Gasteiger partial charge in [0, 0.05) is 0 Å². The Kier molecular flexibility index (Phi) is 49.3. The van der Waals surface area contributed by atoms with Crippen LogP contribution < -0.4 is 28.7 Å². The van der Waals surface area contributed by atoms with Gasteiger partial charge in [-0.2, -0.15) is 0 Å². The molecule has 0 saturated heterocycles. The van der Waals surface area contributed by atoms with Crippen molar-refractivity contribution >= 4 is 45.8 Å². The quantitative estimate of drug-likeness (QED) is 0.272. The summed E-state index contributed by atoms with van der Waals surface area (Å²) < 4.78 is 74.8. The molecular weight excluding hydrogens is 397 g/mol. The second-order valence-corrected chi connectivity index (χ2v) is 4.07. The summed E-state index contributed by atoms with van der Waals surface area (Å²) in [5.41, 5.74) is 0. The van der Waals surface area contributed by atoms with Gasteiger partial charge >= 0.3 is 87.3 Å². The van der Waals surface area contributed by atoms with Crippen molar-refractivity contribution in [2.45, 2.75) is 0 Å². The first kappa shape index (κ1) is 29.3. The Morgan fingerprint density at radius 1 is 0.786 bits per heavy atom. The summed E-state index contributed by atoms with van der Waals surface area (Å²) >= 11 is -11.8. The van der Waals surface area contributed by atoms with Crippen LogP contribution in [0.3, 0.4) is 0 Å². The van der Waals surface area contributed by atoms with E-state index in [1.54, 1.807) is 0 Å². The fourth-order valence-corrected chi connectivity index (χ4v) is 0. The van der Waals surface area contributed by atoms with Gasteiger partial charge in [0.05, 0.1) is 0 Å². The third-order valence-corrected chi connectivity index (χ3v) is 0. The Morgan fingerprint density at radius 2 is 0.786 bits per heavy atom. The van der Waals surface area contributed by atoms with E-state index in [0.29, 0.717) is 0 Å². The molecule has 0 amide bonds. The minimum absolute atomic E-state index is 0. The van der Waals surface area contributed by atoms with Crippen LogP contribution in [0.5, 0.6) is 0 Å². The van der Waals surface area contributed by atoms with Crippen molar-refractivity contribution in [2.75, 3.05) is 0 Å². The zero-order valence-corrected chi connectivity index (χ0v) is 13.0. The van der Waals surface area contributed by atoms with E-state index >= 15 is 0 Å². The van der Waals surface area contributed by atoms with Gasteiger partial charge < -0.3 is 12.3 Å². The molecule has 0 radical (unpaired) electrons. The van der Waals surface area contributed by atoms with E-state index in [2.05, 4.69) is 0 Å². The Bertz CT molecular complexity index is 129. The predicted octanol–water partition coefficient (Wildman–Crippen LogP) is -7.40. The van der Waals surface area contributed by atoms with Gasteiger partial charge in [-0.3, -0.25) is 0 Å². The summed E-state index contributed by atoms with van der Waals surface area (Å²) in [6.07, 6.45) is 0. The van der Waals surface area contributed by atoms with Crippen LogP contribution in [0.1, 0.15) is 5.71 Å². The van der Waals surface area contributed by atoms with E-state index < -0.39 is 45.8 Å². The van der Waals surface area contributed by atoms with E-state index in [9.17, 15) is 0 Å². The molecule has 0 aliphatic carbocycles. The molecule has 11 nitrogen and oxygen atoms in total. The fraction of sp³-hybridized carbons (Fsp3) is 0. The van der Waals surface area contributed by atoms with E-state index in [0.717, 1.165) is 0 Å². The molecule has 0 saturated carbocycles. The van der Waals surface area contributed by atoms with E-state index in [4.69, 9.17) is 35.8 Å². The standard InChI is InChI=1S/3AsH3O3.2H3N/c3*2-1(3)4;;/h3*1H,(H2,2,3,4);2*1H3. The van der Waals surface area contributed by atoms with Gasteiger partial charge in [-0.25, -0.2) is 0 Å². The third-order valence-electron chi connectivity index (χ3n) is 0. The first-order valence-electron chi connectivity index (χ1n) is 1.88. The Labute approximate surface area is 99.7 Å². The van der Waals surface area contributed by atoms with Gasteiger partial charge in [0.15, 0.2) is 0 Å². The first-order valence-corrected chi connectivity index (χ1v) is 9.75. The summed E-state index contributed by atoms with van der Waals surface area (Å²) in [5.74, 6) is 0. The number of hydrogen-bond acceptors (Lipinski definition) is 9. The Morgan fingerprint density at radius 3 is 0.786 bits per heavy atom. The third kappa shape index (κ3) is 3090. The molecule has 14 heteroatoms. The van der Waals surface area contributed by atoms with Crippen LogP contribution in [-0.2, 0) is 11.2 Å². The van der Waals surface area contributed by atoms with Gasteiger partial charge in [-0.1, -0.05) is 0 Å². The minimum Gasteiger partial charge on any atom is 1.00 e. The predicted molar refractivity (Wildman–Crippen MR) is 42.4 cm³/mol. The van der Waals surface area contributed by atoms with Crippen LogP contribution in [0.4, 0.5) is 0 Å². The van der Waals surface area contributed by atoms with Crippen LogP contribution >= 0.6 is 0 Å². The van der Waals surface area contributed by atoms with Crippen molar-refractivity contribution in [1.29, 1.82) is 0 Å².